The maximum atomic E-state index is 12.8. The quantitative estimate of drug-likeness (QED) is 0.799. The van der Waals surface area contributed by atoms with Crippen LogP contribution in [0.15, 0.2) is 18.2 Å². The van der Waals surface area contributed by atoms with Crippen LogP contribution in [0.2, 0.25) is 5.02 Å². The van der Waals surface area contributed by atoms with Crippen LogP contribution in [0.3, 0.4) is 0 Å². The number of halogens is 3. The van der Waals surface area contributed by atoms with Crippen LogP contribution in [0, 0.1) is 5.82 Å². The molecule has 5 heteroatoms. The van der Waals surface area contributed by atoms with Gasteiger partial charge in [-0.2, -0.15) is 0 Å². The molecule has 1 unspecified atom stereocenters. The molecule has 0 saturated heterocycles. The van der Waals surface area contributed by atoms with E-state index in [0.717, 1.165) is 5.56 Å². The second-order valence-corrected chi connectivity index (χ2v) is 4.14. The molecule has 0 fully saturated rings. The SMILES string of the molecule is COCC(CCl)NCc1ccc(F)cc1Cl. The zero-order valence-corrected chi connectivity index (χ0v) is 10.5. The van der Waals surface area contributed by atoms with Crippen LogP contribution >= 0.6 is 23.2 Å². The number of hydrogen-bond acceptors (Lipinski definition) is 2. The number of nitrogens with one attached hydrogen (secondary N) is 1. The standard InChI is InChI=1S/C11H14Cl2FNO/c1-16-7-10(5-12)15-6-8-2-3-9(14)4-11(8)13/h2-4,10,15H,5-7H2,1H3. The van der Waals surface area contributed by atoms with Gasteiger partial charge >= 0.3 is 0 Å². The van der Waals surface area contributed by atoms with E-state index in [1.165, 1.54) is 12.1 Å². The third-order valence-corrected chi connectivity index (χ3v) is 2.87. The van der Waals surface area contributed by atoms with E-state index in [9.17, 15) is 4.39 Å². The second-order valence-electron chi connectivity index (χ2n) is 3.42. The fourth-order valence-electron chi connectivity index (χ4n) is 1.28. The molecule has 1 aromatic rings. The highest BCUT2D eigenvalue weighted by Crippen LogP contribution is 2.17. The normalized spacial score (nSPS) is 12.8. The molecule has 0 heterocycles. The molecule has 0 aliphatic rings. The molecule has 0 amide bonds. The second kappa shape index (κ2) is 7.07. The van der Waals surface area contributed by atoms with Gasteiger partial charge in [0.1, 0.15) is 5.82 Å². The minimum atomic E-state index is -0.334. The summed E-state index contributed by atoms with van der Waals surface area (Å²) in [7, 11) is 1.62. The molecule has 0 saturated carbocycles. The van der Waals surface area contributed by atoms with Gasteiger partial charge in [0, 0.05) is 30.6 Å². The van der Waals surface area contributed by atoms with E-state index in [2.05, 4.69) is 5.32 Å². The van der Waals surface area contributed by atoms with Gasteiger partial charge in [-0.1, -0.05) is 17.7 Å². The molecule has 0 bridgehead atoms. The minimum absolute atomic E-state index is 0.0628. The maximum Gasteiger partial charge on any atom is 0.124 e. The van der Waals surface area contributed by atoms with Crippen molar-refractivity contribution in [1.29, 1.82) is 0 Å². The third-order valence-electron chi connectivity index (χ3n) is 2.15. The van der Waals surface area contributed by atoms with Crippen LogP contribution in [0.1, 0.15) is 5.56 Å². The molecule has 0 spiro atoms. The Morgan fingerprint density at radius 2 is 2.25 bits per heavy atom. The topological polar surface area (TPSA) is 21.3 Å². The van der Waals surface area contributed by atoms with Crippen molar-refractivity contribution in [1.82, 2.24) is 5.32 Å². The summed E-state index contributed by atoms with van der Waals surface area (Å²) in [5.41, 5.74) is 0.842. The van der Waals surface area contributed by atoms with Crippen LogP contribution in [0.25, 0.3) is 0 Å². The van der Waals surface area contributed by atoms with Crippen LogP contribution < -0.4 is 5.32 Å². The molecule has 16 heavy (non-hydrogen) atoms. The first-order chi connectivity index (χ1) is 7.67. The van der Waals surface area contributed by atoms with Gasteiger partial charge in [0.15, 0.2) is 0 Å². The summed E-state index contributed by atoms with van der Waals surface area (Å²) in [4.78, 5) is 0. The van der Waals surface area contributed by atoms with E-state index in [-0.39, 0.29) is 11.9 Å². The molecule has 0 aromatic heterocycles. The molecule has 90 valence electrons. The minimum Gasteiger partial charge on any atom is -0.383 e. The Bertz CT molecular complexity index is 336. The summed E-state index contributed by atoms with van der Waals surface area (Å²) in [6.07, 6.45) is 0. The van der Waals surface area contributed by atoms with E-state index in [4.69, 9.17) is 27.9 Å². The van der Waals surface area contributed by atoms with Crippen molar-refractivity contribution in [2.24, 2.45) is 0 Å². The Labute approximate surface area is 105 Å². The summed E-state index contributed by atoms with van der Waals surface area (Å²) in [5, 5.41) is 3.60. The molecule has 0 aliphatic carbocycles. The lowest BCUT2D eigenvalue weighted by atomic mass is 10.2. The fourth-order valence-corrected chi connectivity index (χ4v) is 1.71. The van der Waals surface area contributed by atoms with Crippen molar-refractivity contribution >= 4 is 23.2 Å². The van der Waals surface area contributed by atoms with Crippen LogP contribution in [0.5, 0.6) is 0 Å². The van der Waals surface area contributed by atoms with Gasteiger partial charge in [0.2, 0.25) is 0 Å². The molecule has 1 rings (SSSR count). The highest BCUT2D eigenvalue weighted by Gasteiger charge is 2.07. The maximum absolute atomic E-state index is 12.8. The van der Waals surface area contributed by atoms with Gasteiger partial charge in [-0.25, -0.2) is 4.39 Å². The van der Waals surface area contributed by atoms with Crippen LogP contribution in [-0.2, 0) is 11.3 Å². The Morgan fingerprint density at radius 1 is 1.50 bits per heavy atom. The molecule has 1 atom stereocenters. The third kappa shape index (κ3) is 4.26. The summed E-state index contributed by atoms with van der Waals surface area (Å²) < 4.78 is 17.8. The zero-order chi connectivity index (χ0) is 12.0. The average molecular weight is 266 g/mol. The van der Waals surface area contributed by atoms with E-state index in [1.807, 2.05) is 0 Å². The van der Waals surface area contributed by atoms with E-state index in [0.29, 0.717) is 24.1 Å². The lowest BCUT2D eigenvalue weighted by Gasteiger charge is -2.15. The number of hydrogen-bond donors (Lipinski definition) is 1. The summed E-state index contributed by atoms with van der Waals surface area (Å²) in [6, 6.07) is 4.40. The molecule has 0 aliphatic heterocycles. The highest BCUT2D eigenvalue weighted by atomic mass is 35.5. The smallest absolute Gasteiger partial charge is 0.124 e. The molecule has 2 nitrogen and oxygen atoms in total. The van der Waals surface area contributed by atoms with E-state index in [1.54, 1.807) is 13.2 Å². The molecule has 0 radical (unpaired) electrons. The van der Waals surface area contributed by atoms with Crippen LogP contribution in [-0.4, -0.2) is 25.6 Å². The Kier molecular flexibility index (Phi) is 6.06. The van der Waals surface area contributed by atoms with Crippen LogP contribution in [0.4, 0.5) is 4.39 Å². The first kappa shape index (κ1) is 13.7. The first-order valence-electron chi connectivity index (χ1n) is 4.89. The largest absolute Gasteiger partial charge is 0.383 e. The molecule has 1 N–H and O–H groups in total. The number of alkyl halides is 1. The van der Waals surface area contributed by atoms with Gasteiger partial charge in [0.05, 0.1) is 6.61 Å². The number of rotatable bonds is 6. The van der Waals surface area contributed by atoms with Crippen molar-refractivity contribution in [2.45, 2.75) is 12.6 Å². The van der Waals surface area contributed by atoms with Crippen molar-refractivity contribution in [2.75, 3.05) is 19.6 Å². The predicted octanol–water partition coefficient (Wildman–Crippen LogP) is 2.82. The van der Waals surface area contributed by atoms with Gasteiger partial charge in [-0.05, 0) is 17.7 Å². The number of benzene rings is 1. The highest BCUT2D eigenvalue weighted by molar-refractivity contribution is 6.31. The van der Waals surface area contributed by atoms with E-state index >= 15 is 0 Å². The van der Waals surface area contributed by atoms with Gasteiger partial charge in [-0.15, -0.1) is 11.6 Å². The lowest BCUT2D eigenvalue weighted by Crippen LogP contribution is -2.34. The van der Waals surface area contributed by atoms with Gasteiger partial charge in [0.25, 0.3) is 0 Å². The van der Waals surface area contributed by atoms with Crippen molar-refractivity contribution in [3.63, 3.8) is 0 Å². The van der Waals surface area contributed by atoms with E-state index < -0.39 is 0 Å². The Morgan fingerprint density at radius 3 is 2.81 bits per heavy atom. The van der Waals surface area contributed by atoms with Gasteiger partial charge < -0.3 is 10.1 Å². The lowest BCUT2D eigenvalue weighted by molar-refractivity contribution is 0.172. The predicted molar refractivity (Wildman–Crippen MR) is 64.6 cm³/mol. The summed E-state index contributed by atoms with van der Waals surface area (Å²) in [6.45, 7) is 1.07. The Hall–Kier alpha value is -0.350. The molecular formula is C11H14Cl2FNO. The molecule has 1 aromatic carbocycles. The summed E-state index contributed by atoms with van der Waals surface area (Å²) in [5.74, 6) is 0.117. The molecular weight excluding hydrogens is 252 g/mol. The van der Waals surface area contributed by atoms with Crippen molar-refractivity contribution in [3.8, 4) is 0 Å². The number of ether oxygens (including phenoxy) is 1. The number of methoxy groups -OCH3 is 1. The van der Waals surface area contributed by atoms with Crippen molar-refractivity contribution in [3.05, 3.63) is 34.6 Å². The zero-order valence-electron chi connectivity index (χ0n) is 8.97. The van der Waals surface area contributed by atoms with Gasteiger partial charge in [-0.3, -0.25) is 0 Å². The monoisotopic (exact) mass is 265 g/mol. The fraction of sp³-hybridized carbons (Fsp3) is 0.455. The average Bonchev–Trinajstić information content (AvgIpc) is 2.26. The Balaban J connectivity index is 2.53. The summed E-state index contributed by atoms with van der Waals surface area (Å²) >= 11 is 11.6. The van der Waals surface area contributed by atoms with Crippen molar-refractivity contribution < 1.29 is 9.13 Å². The first-order valence-corrected chi connectivity index (χ1v) is 5.80.